The SMILES string of the molecule is COc1ccc(C(Cc2ccccn2)NN)cc1F. The molecule has 0 aliphatic carbocycles. The van der Waals surface area contributed by atoms with Gasteiger partial charge in [-0.15, -0.1) is 0 Å². The van der Waals surface area contributed by atoms with Crippen LogP contribution in [0.2, 0.25) is 0 Å². The van der Waals surface area contributed by atoms with E-state index in [1.807, 2.05) is 18.2 Å². The van der Waals surface area contributed by atoms with Crippen molar-refractivity contribution in [2.75, 3.05) is 7.11 Å². The Morgan fingerprint density at radius 1 is 1.37 bits per heavy atom. The van der Waals surface area contributed by atoms with Gasteiger partial charge in [0.25, 0.3) is 0 Å². The number of rotatable bonds is 5. The minimum Gasteiger partial charge on any atom is -0.494 e. The summed E-state index contributed by atoms with van der Waals surface area (Å²) in [4.78, 5) is 4.23. The third-order valence-electron chi connectivity index (χ3n) is 2.92. The van der Waals surface area contributed by atoms with Gasteiger partial charge in [0.1, 0.15) is 0 Å². The molecular weight excluding hydrogens is 245 g/mol. The molecule has 100 valence electrons. The average Bonchev–Trinajstić information content (AvgIpc) is 2.46. The standard InChI is InChI=1S/C14H16FN3O/c1-19-14-6-5-10(8-12(14)15)13(18-16)9-11-4-2-3-7-17-11/h2-8,13,18H,9,16H2,1H3. The van der Waals surface area contributed by atoms with Crippen molar-refractivity contribution in [3.63, 3.8) is 0 Å². The molecule has 2 aromatic rings. The molecule has 0 spiro atoms. The number of pyridine rings is 1. The van der Waals surface area contributed by atoms with Crippen molar-refractivity contribution < 1.29 is 9.13 Å². The van der Waals surface area contributed by atoms with E-state index in [-0.39, 0.29) is 11.8 Å². The molecule has 0 amide bonds. The summed E-state index contributed by atoms with van der Waals surface area (Å²) in [5.74, 6) is 5.36. The maximum absolute atomic E-state index is 13.7. The van der Waals surface area contributed by atoms with Crippen LogP contribution in [0.4, 0.5) is 4.39 Å². The van der Waals surface area contributed by atoms with Gasteiger partial charge in [0.15, 0.2) is 11.6 Å². The monoisotopic (exact) mass is 261 g/mol. The number of methoxy groups -OCH3 is 1. The number of hydrogen-bond acceptors (Lipinski definition) is 4. The Kier molecular flexibility index (Phi) is 4.43. The summed E-state index contributed by atoms with van der Waals surface area (Å²) in [6.07, 6.45) is 2.31. The predicted molar refractivity (Wildman–Crippen MR) is 71.0 cm³/mol. The molecule has 0 aliphatic heterocycles. The van der Waals surface area contributed by atoms with E-state index in [4.69, 9.17) is 10.6 Å². The molecule has 1 unspecified atom stereocenters. The van der Waals surface area contributed by atoms with Crippen LogP contribution in [-0.2, 0) is 6.42 Å². The van der Waals surface area contributed by atoms with E-state index in [1.54, 1.807) is 18.3 Å². The number of nitrogens with two attached hydrogens (primary N) is 1. The lowest BCUT2D eigenvalue weighted by Gasteiger charge is -2.16. The molecule has 4 nitrogen and oxygen atoms in total. The summed E-state index contributed by atoms with van der Waals surface area (Å²) >= 11 is 0. The van der Waals surface area contributed by atoms with Crippen LogP contribution < -0.4 is 16.0 Å². The number of nitrogens with zero attached hydrogens (tertiary/aromatic N) is 1. The predicted octanol–water partition coefficient (Wildman–Crippen LogP) is 1.98. The Morgan fingerprint density at radius 3 is 2.79 bits per heavy atom. The lowest BCUT2D eigenvalue weighted by molar-refractivity contribution is 0.385. The van der Waals surface area contributed by atoms with E-state index in [0.29, 0.717) is 6.42 Å². The summed E-state index contributed by atoms with van der Waals surface area (Å²) < 4.78 is 18.6. The number of ether oxygens (including phenoxy) is 1. The van der Waals surface area contributed by atoms with Crippen LogP contribution >= 0.6 is 0 Å². The topological polar surface area (TPSA) is 60.2 Å². The van der Waals surface area contributed by atoms with Crippen LogP contribution in [0.25, 0.3) is 0 Å². The smallest absolute Gasteiger partial charge is 0.165 e. The average molecular weight is 261 g/mol. The molecule has 3 N–H and O–H groups in total. The lowest BCUT2D eigenvalue weighted by atomic mass is 10.0. The van der Waals surface area contributed by atoms with Crippen molar-refractivity contribution in [1.29, 1.82) is 0 Å². The van der Waals surface area contributed by atoms with E-state index >= 15 is 0 Å². The molecule has 0 saturated carbocycles. The van der Waals surface area contributed by atoms with E-state index in [0.717, 1.165) is 11.3 Å². The second kappa shape index (κ2) is 6.26. The van der Waals surface area contributed by atoms with Gasteiger partial charge >= 0.3 is 0 Å². The van der Waals surface area contributed by atoms with Crippen molar-refractivity contribution in [3.05, 3.63) is 59.7 Å². The van der Waals surface area contributed by atoms with Gasteiger partial charge in [-0.3, -0.25) is 16.3 Å². The molecule has 1 atom stereocenters. The van der Waals surface area contributed by atoms with Crippen LogP contribution in [0.1, 0.15) is 17.3 Å². The number of benzene rings is 1. The van der Waals surface area contributed by atoms with Crippen LogP contribution in [0, 0.1) is 5.82 Å². The fourth-order valence-corrected chi connectivity index (χ4v) is 1.90. The maximum Gasteiger partial charge on any atom is 0.165 e. The van der Waals surface area contributed by atoms with Gasteiger partial charge in [0, 0.05) is 18.3 Å². The largest absolute Gasteiger partial charge is 0.494 e. The Balaban J connectivity index is 2.20. The zero-order chi connectivity index (χ0) is 13.7. The normalized spacial score (nSPS) is 12.2. The van der Waals surface area contributed by atoms with Gasteiger partial charge < -0.3 is 4.74 Å². The van der Waals surface area contributed by atoms with Gasteiger partial charge in [-0.05, 0) is 29.8 Å². The fraction of sp³-hybridized carbons (Fsp3) is 0.214. The highest BCUT2D eigenvalue weighted by molar-refractivity contribution is 5.31. The summed E-state index contributed by atoms with van der Waals surface area (Å²) in [6.45, 7) is 0. The van der Waals surface area contributed by atoms with Crippen molar-refractivity contribution >= 4 is 0 Å². The van der Waals surface area contributed by atoms with Crippen molar-refractivity contribution in [2.45, 2.75) is 12.5 Å². The molecule has 0 aliphatic rings. The summed E-state index contributed by atoms with van der Waals surface area (Å²) in [5.41, 5.74) is 4.33. The summed E-state index contributed by atoms with van der Waals surface area (Å²) in [6, 6.07) is 10.3. The van der Waals surface area contributed by atoms with Crippen LogP contribution in [-0.4, -0.2) is 12.1 Å². The second-order valence-electron chi connectivity index (χ2n) is 4.14. The molecule has 0 fully saturated rings. The molecule has 1 aromatic carbocycles. The molecular formula is C14H16FN3O. The lowest BCUT2D eigenvalue weighted by Crippen LogP contribution is -2.29. The zero-order valence-corrected chi connectivity index (χ0v) is 10.6. The Bertz CT molecular complexity index is 533. The van der Waals surface area contributed by atoms with Crippen molar-refractivity contribution in [2.24, 2.45) is 5.84 Å². The fourth-order valence-electron chi connectivity index (χ4n) is 1.90. The van der Waals surface area contributed by atoms with Crippen molar-refractivity contribution in [3.8, 4) is 5.75 Å². The number of halogens is 1. The highest BCUT2D eigenvalue weighted by Gasteiger charge is 2.13. The third kappa shape index (κ3) is 3.27. The number of hydrogen-bond donors (Lipinski definition) is 2. The molecule has 19 heavy (non-hydrogen) atoms. The molecule has 1 heterocycles. The number of nitrogens with one attached hydrogen (secondary N) is 1. The first kappa shape index (κ1) is 13.5. The van der Waals surface area contributed by atoms with Gasteiger partial charge in [-0.1, -0.05) is 12.1 Å². The first-order valence-electron chi connectivity index (χ1n) is 5.94. The quantitative estimate of drug-likeness (QED) is 0.638. The first-order valence-corrected chi connectivity index (χ1v) is 5.94. The molecule has 0 bridgehead atoms. The van der Waals surface area contributed by atoms with Gasteiger partial charge in [0.2, 0.25) is 0 Å². The molecule has 1 aromatic heterocycles. The molecule has 2 rings (SSSR count). The summed E-state index contributed by atoms with van der Waals surface area (Å²) in [5, 5.41) is 0. The maximum atomic E-state index is 13.7. The molecule has 5 heteroatoms. The van der Waals surface area contributed by atoms with Gasteiger partial charge in [-0.25, -0.2) is 4.39 Å². The minimum atomic E-state index is -0.402. The summed E-state index contributed by atoms with van der Waals surface area (Å²) in [7, 11) is 1.44. The highest BCUT2D eigenvalue weighted by Crippen LogP contribution is 2.23. The van der Waals surface area contributed by atoms with E-state index in [1.165, 1.54) is 13.2 Å². The Hall–Kier alpha value is -1.98. The Labute approximate surface area is 111 Å². The van der Waals surface area contributed by atoms with Gasteiger partial charge in [-0.2, -0.15) is 0 Å². The van der Waals surface area contributed by atoms with E-state index in [9.17, 15) is 4.39 Å². The van der Waals surface area contributed by atoms with Gasteiger partial charge in [0.05, 0.1) is 13.2 Å². The van der Waals surface area contributed by atoms with Crippen LogP contribution in [0.3, 0.4) is 0 Å². The minimum absolute atomic E-state index is 0.199. The van der Waals surface area contributed by atoms with Crippen LogP contribution in [0.5, 0.6) is 5.75 Å². The Morgan fingerprint density at radius 2 is 2.21 bits per heavy atom. The molecule has 0 radical (unpaired) electrons. The van der Waals surface area contributed by atoms with E-state index in [2.05, 4.69) is 10.4 Å². The number of hydrazine groups is 1. The van der Waals surface area contributed by atoms with Crippen molar-refractivity contribution in [1.82, 2.24) is 10.4 Å². The first-order chi connectivity index (χ1) is 9.24. The molecule has 0 saturated heterocycles. The number of aromatic nitrogens is 1. The second-order valence-corrected chi connectivity index (χ2v) is 4.14. The third-order valence-corrected chi connectivity index (χ3v) is 2.92. The van der Waals surface area contributed by atoms with Crippen LogP contribution in [0.15, 0.2) is 42.6 Å². The zero-order valence-electron chi connectivity index (χ0n) is 10.6. The highest BCUT2D eigenvalue weighted by atomic mass is 19.1. The van der Waals surface area contributed by atoms with E-state index < -0.39 is 5.82 Å².